The molecule has 23 heavy (non-hydrogen) atoms. The zero-order chi connectivity index (χ0) is 17.0. The Hall–Kier alpha value is -2.16. The van der Waals surface area contributed by atoms with Crippen LogP contribution in [0, 0.1) is 0 Å². The lowest BCUT2D eigenvalue weighted by atomic mass is 10.2. The van der Waals surface area contributed by atoms with Crippen molar-refractivity contribution in [1.29, 1.82) is 0 Å². The van der Waals surface area contributed by atoms with Gasteiger partial charge in [-0.25, -0.2) is 0 Å². The second-order valence-corrected chi connectivity index (χ2v) is 5.97. The van der Waals surface area contributed by atoms with Crippen LogP contribution in [0.2, 0.25) is 0 Å². The number of anilines is 1. The van der Waals surface area contributed by atoms with E-state index >= 15 is 0 Å². The van der Waals surface area contributed by atoms with Crippen molar-refractivity contribution in [3.8, 4) is 5.75 Å². The van der Waals surface area contributed by atoms with Gasteiger partial charge in [0.15, 0.2) is 6.61 Å². The molecule has 1 aromatic carbocycles. The topological polar surface area (TPSA) is 64.1 Å². The summed E-state index contributed by atoms with van der Waals surface area (Å²) in [5, 5.41) is 11.3. The first-order valence-corrected chi connectivity index (χ1v) is 7.50. The second kappa shape index (κ2) is 6.95. The van der Waals surface area contributed by atoms with Crippen LogP contribution < -0.4 is 10.1 Å². The highest BCUT2D eigenvalue weighted by Crippen LogP contribution is 2.31. The number of carbonyl (C=O) groups is 1. The molecule has 0 atom stereocenters. The maximum absolute atomic E-state index is 12.6. The number of hydrogen-bond acceptors (Lipinski definition) is 5. The Labute approximate surface area is 134 Å². The minimum absolute atomic E-state index is 0.0323. The van der Waals surface area contributed by atoms with Gasteiger partial charge in [0.1, 0.15) is 10.8 Å². The van der Waals surface area contributed by atoms with Gasteiger partial charge in [0.2, 0.25) is 5.13 Å². The van der Waals surface area contributed by atoms with E-state index in [4.69, 9.17) is 4.74 Å². The second-order valence-electron chi connectivity index (χ2n) is 4.96. The first kappa shape index (κ1) is 17.2. The lowest BCUT2D eigenvalue weighted by molar-refractivity contribution is -0.137. The van der Waals surface area contributed by atoms with E-state index in [9.17, 15) is 18.0 Å². The van der Waals surface area contributed by atoms with Gasteiger partial charge in [-0.15, -0.1) is 10.2 Å². The summed E-state index contributed by atoms with van der Waals surface area (Å²) in [6.07, 6.45) is -4.46. The van der Waals surface area contributed by atoms with Crippen LogP contribution in [0.3, 0.4) is 0 Å². The molecule has 1 heterocycles. The molecule has 1 aromatic heterocycles. The van der Waals surface area contributed by atoms with Gasteiger partial charge in [0.05, 0.1) is 5.56 Å². The van der Waals surface area contributed by atoms with Gasteiger partial charge in [-0.2, -0.15) is 13.2 Å². The molecule has 0 saturated carbocycles. The van der Waals surface area contributed by atoms with E-state index in [1.165, 1.54) is 23.5 Å². The third-order valence-corrected chi connectivity index (χ3v) is 3.85. The number of nitrogens with one attached hydrogen (secondary N) is 1. The normalized spacial score (nSPS) is 11.6. The molecule has 124 valence electrons. The number of nitrogens with zero attached hydrogens (tertiary/aromatic N) is 2. The standard InChI is InChI=1S/C14H14F3N3O2S/c1-8(2)12-19-20-13(23-12)18-11(21)7-22-10-5-3-4-9(6-10)14(15,16)17/h3-6,8H,7H2,1-2H3,(H,18,20,21). The summed E-state index contributed by atoms with van der Waals surface area (Å²) in [7, 11) is 0. The lowest BCUT2D eigenvalue weighted by Crippen LogP contribution is -2.20. The van der Waals surface area contributed by atoms with Crippen molar-refractivity contribution in [3.05, 3.63) is 34.8 Å². The molecule has 0 fully saturated rings. The summed E-state index contributed by atoms with van der Waals surface area (Å²) >= 11 is 1.24. The number of rotatable bonds is 5. The Kier molecular flexibility index (Phi) is 5.19. The van der Waals surface area contributed by atoms with Gasteiger partial charge in [-0.3, -0.25) is 10.1 Å². The van der Waals surface area contributed by atoms with E-state index in [0.717, 1.165) is 17.1 Å². The molecule has 0 aliphatic heterocycles. The minimum atomic E-state index is -4.46. The molecule has 9 heteroatoms. The van der Waals surface area contributed by atoms with Crippen LogP contribution in [0.5, 0.6) is 5.75 Å². The summed E-state index contributed by atoms with van der Waals surface area (Å²) < 4.78 is 42.8. The number of alkyl halides is 3. The third kappa shape index (κ3) is 4.92. The van der Waals surface area contributed by atoms with Crippen LogP contribution in [0.25, 0.3) is 0 Å². The molecule has 1 N–H and O–H groups in total. The number of halogens is 3. The van der Waals surface area contributed by atoms with E-state index in [0.29, 0.717) is 5.13 Å². The number of benzene rings is 1. The molecule has 0 saturated heterocycles. The fourth-order valence-corrected chi connectivity index (χ4v) is 2.35. The maximum atomic E-state index is 12.6. The highest BCUT2D eigenvalue weighted by atomic mass is 32.1. The van der Waals surface area contributed by atoms with E-state index in [1.807, 2.05) is 13.8 Å². The van der Waals surface area contributed by atoms with Gasteiger partial charge in [-0.1, -0.05) is 31.3 Å². The van der Waals surface area contributed by atoms with Crippen LogP contribution in [0.1, 0.15) is 30.3 Å². The van der Waals surface area contributed by atoms with Crippen LogP contribution in [-0.4, -0.2) is 22.7 Å². The zero-order valence-corrected chi connectivity index (χ0v) is 13.2. The van der Waals surface area contributed by atoms with Crippen molar-refractivity contribution in [2.45, 2.75) is 25.9 Å². The first-order valence-electron chi connectivity index (χ1n) is 6.69. The Bertz CT molecular complexity index is 686. The van der Waals surface area contributed by atoms with Gasteiger partial charge in [0, 0.05) is 5.92 Å². The highest BCUT2D eigenvalue weighted by molar-refractivity contribution is 7.15. The number of aromatic nitrogens is 2. The third-order valence-electron chi connectivity index (χ3n) is 2.71. The zero-order valence-electron chi connectivity index (χ0n) is 12.3. The molecule has 0 spiro atoms. The lowest BCUT2D eigenvalue weighted by Gasteiger charge is -2.09. The maximum Gasteiger partial charge on any atom is 0.416 e. The van der Waals surface area contributed by atoms with Crippen LogP contribution in [-0.2, 0) is 11.0 Å². The van der Waals surface area contributed by atoms with E-state index in [-0.39, 0.29) is 11.7 Å². The van der Waals surface area contributed by atoms with Gasteiger partial charge in [0.25, 0.3) is 5.91 Å². The van der Waals surface area contributed by atoms with Gasteiger partial charge in [-0.05, 0) is 18.2 Å². The van der Waals surface area contributed by atoms with Crippen molar-refractivity contribution >= 4 is 22.4 Å². The minimum Gasteiger partial charge on any atom is -0.484 e. The average Bonchev–Trinajstić information content (AvgIpc) is 2.93. The summed E-state index contributed by atoms with van der Waals surface area (Å²) in [6, 6.07) is 4.34. The summed E-state index contributed by atoms with van der Waals surface area (Å²) in [6.45, 7) is 3.48. The molecule has 0 bridgehead atoms. The summed E-state index contributed by atoms with van der Waals surface area (Å²) in [5.74, 6) is -0.358. The summed E-state index contributed by atoms with van der Waals surface area (Å²) in [4.78, 5) is 11.7. The SMILES string of the molecule is CC(C)c1nnc(NC(=O)COc2cccc(C(F)(F)F)c2)s1. The molecule has 0 radical (unpaired) electrons. The fourth-order valence-electron chi connectivity index (χ4n) is 1.58. The molecular weight excluding hydrogens is 331 g/mol. The van der Waals surface area contributed by atoms with Crippen LogP contribution in [0.15, 0.2) is 24.3 Å². The predicted molar refractivity (Wildman–Crippen MR) is 79.6 cm³/mol. The molecule has 2 aromatic rings. The Morgan fingerprint density at radius 1 is 1.35 bits per heavy atom. The van der Waals surface area contributed by atoms with Crippen LogP contribution >= 0.6 is 11.3 Å². The molecule has 5 nitrogen and oxygen atoms in total. The van der Waals surface area contributed by atoms with E-state index in [1.54, 1.807) is 0 Å². The van der Waals surface area contributed by atoms with Crippen molar-refractivity contribution in [1.82, 2.24) is 10.2 Å². The fraction of sp³-hybridized carbons (Fsp3) is 0.357. The summed E-state index contributed by atoms with van der Waals surface area (Å²) in [5.41, 5.74) is -0.832. The Balaban J connectivity index is 1.91. The highest BCUT2D eigenvalue weighted by Gasteiger charge is 2.30. The molecule has 0 aliphatic carbocycles. The quantitative estimate of drug-likeness (QED) is 0.897. The van der Waals surface area contributed by atoms with Gasteiger partial charge >= 0.3 is 6.18 Å². The number of hydrogen-bond donors (Lipinski definition) is 1. The molecule has 2 rings (SSSR count). The number of amides is 1. The van der Waals surface area contributed by atoms with Gasteiger partial charge < -0.3 is 4.74 Å². The van der Waals surface area contributed by atoms with E-state index in [2.05, 4.69) is 15.5 Å². The van der Waals surface area contributed by atoms with Crippen molar-refractivity contribution < 1.29 is 22.7 Å². The molecular formula is C14H14F3N3O2S. The smallest absolute Gasteiger partial charge is 0.416 e. The molecule has 0 aliphatic rings. The van der Waals surface area contributed by atoms with Crippen LogP contribution in [0.4, 0.5) is 18.3 Å². The number of ether oxygens (including phenoxy) is 1. The number of carbonyl (C=O) groups excluding carboxylic acids is 1. The van der Waals surface area contributed by atoms with Crippen molar-refractivity contribution in [2.24, 2.45) is 0 Å². The molecule has 0 unspecified atom stereocenters. The Morgan fingerprint density at radius 2 is 2.09 bits per heavy atom. The van der Waals surface area contributed by atoms with Crippen molar-refractivity contribution in [2.75, 3.05) is 11.9 Å². The Morgan fingerprint density at radius 3 is 2.70 bits per heavy atom. The van der Waals surface area contributed by atoms with Crippen molar-refractivity contribution in [3.63, 3.8) is 0 Å². The monoisotopic (exact) mass is 345 g/mol. The predicted octanol–water partition coefficient (Wildman–Crippen LogP) is 3.70. The molecule has 1 amide bonds. The average molecular weight is 345 g/mol. The largest absolute Gasteiger partial charge is 0.484 e. The first-order chi connectivity index (χ1) is 10.8. The van der Waals surface area contributed by atoms with E-state index < -0.39 is 24.3 Å².